The van der Waals surface area contributed by atoms with Gasteiger partial charge in [-0.3, -0.25) is 4.79 Å². The van der Waals surface area contributed by atoms with Gasteiger partial charge in [-0.05, 0) is 24.6 Å². The van der Waals surface area contributed by atoms with Crippen LogP contribution in [0.1, 0.15) is 15.9 Å². The summed E-state index contributed by atoms with van der Waals surface area (Å²) in [7, 11) is 1.58. The molecule has 0 spiro atoms. The Bertz CT molecular complexity index is 482. The molecule has 0 unspecified atom stereocenters. The smallest absolute Gasteiger partial charge is 0.176 e. The Labute approximate surface area is 81.3 Å². The summed E-state index contributed by atoms with van der Waals surface area (Å²) >= 11 is 0. The number of rotatable bonds is 2. The summed E-state index contributed by atoms with van der Waals surface area (Å²) in [5.41, 5.74) is 2.22. The quantitative estimate of drug-likeness (QED) is 0.683. The van der Waals surface area contributed by atoms with Crippen LogP contribution in [-0.2, 0) is 0 Å². The number of fused-ring (bicyclic) bond motifs is 1. The largest absolute Gasteiger partial charge is 0.493 e. The zero-order valence-corrected chi connectivity index (χ0v) is 8.03. The molecule has 14 heavy (non-hydrogen) atoms. The number of carbonyl (C=O) groups is 1. The molecule has 2 rings (SSSR count). The van der Waals surface area contributed by atoms with Crippen LogP contribution in [0.2, 0.25) is 0 Å². The van der Waals surface area contributed by atoms with Crippen LogP contribution in [-0.4, -0.2) is 13.4 Å². The highest BCUT2D eigenvalue weighted by molar-refractivity contribution is 5.98. The fourth-order valence-corrected chi connectivity index (χ4v) is 1.50. The molecule has 0 N–H and O–H groups in total. The first-order valence-corrected chi connectivity index (χ1v) is 4.27. The number of hydrogen-bond acceptors (Lipinski definition) is 3. The van der Waals surface area contributed by atoms with Gasteiger partial charge >= 0.3 is 0 Å². The number of ether oxygens (including phenoxy) is 1. The topological polar surface area (TPSA) is 39.4 Å². The van der Waals surface area contributed by atoms with Crippen LogP contribution >= 0.6 is 0 Å². The van der Waals surface area contributed by atoms with Crippen molar-refractivity contribution in [3.8, 4) is 5.75 Å². The van der Waals surface area contributed by atoms with Crippen molar-refractivity contribution in [3.05, 3.63) is 29.5 Å². The van der Waals surface area contributed by atoms with Gasteiger partial charge in [-0.15, -0.1) is 0 Å². The Balaban J connectivity index is 2.83. The SMILES string of the molecule is COc1cc(C)cc2c(C=O)coc12. The molecule has 0 saturated carbocycles. The average molecular weight is 190 g/mol. The van der Waals surface area contributed by atoms with Gasteiger partial charge in [0.25, 0.3) is 0 Å². The summed E-state index contributed by atoms with van der Waals surface area (Å²) in [6.07, 6.45) is 2.23. The van der Waals surface area contributed by atoms with Crippen molar-refractivity contribution >= 4 is 17.3 Å². The van der Waals surface area contributed by atoms with Crippen LogP contribution in [0, 0.1) is 6.92 Å². The minimum atomic E-state index is 0.557. The van der Waals surface area contributed by atoms with E-state index in [-0.39, 0.29) is 0 Å². The highest BCUT2D eigenvalue weighted by Crippen LogP contribution is 2.30. The maximum Gasteiger partial charge on any atom is 0.176 e. The maximum absolute atomic E-state index is 10.7. The number of aryl methyl sites for hydroxylation is 1. The predicted molar refractivity (Wildman–Crippen MR) is 52.9 cm³/mol. The molecule has 0 fully saturated rings. The van der Waals surface area contributed by atoms with E-state index in [1.165, 1.54) is 6.26 Å². The number of hydrogen-bond donors (Lipinski definition) is 0. The summed E-state index contributed by atoms with van der Waals surface area (Å²) in [5.74, 6) is 0.660. The predicted octanol–water partition coefficient (Wildman–Crippen LogP) is 2.56. The first-order valence-electron chi connectivity index (χ1n) is 4.27. The van der Waals surface area contributed by atoms with Crippen LogP contribution in [0.3, 0.4) is 0 Å². The third-order valence-corrected chi connectivity index (χ3v) is 2.16. The van der Waals surface area contributed by atoms with Crippen LogP contribution < -0.4 is 4.74 Å². The second-order valence-corrected chi connectivity index (χ2v) is 3.15. The van der Waals surface area contributed by atoms with Crippen LogP contribution in [0.5, 0.6) is 5.75 Å². The van der Waals surface area contributed by atoms with Gasteiger partial charge in [0.2, 0.25) is 0 Å². The molecule has 3 heteroatoms. The van der Waals surface area contributed by atoms with Crippen LogP contribution in [0.4, 0.5) is 0 Å². The molecule has 0 aliphatic rings. The van der Waals surface area contributed by atoms with Crippen molar-refractivity contribution in [1.82, 2.24) is 0 Å². The lowest BCUT2D eigenvalue weighted by atomic mass is 10.1. The van der Waals surface area contributed by atoms with E-state index in [0.717, 1.165) is 17.2 Å². The van der Waals surface area contributed by atoms with Crippen molar-refractivity contribution in [1.29, 1.82) is 0 Å². The van der Waals surface area contributed by atoms with E-state index in [4.69, 9.17) is 9.15 Å². The molecular formula is C11H10O3. The first-order chi connectivity index (χ1) is 6.76. The molecule has 0 atom stereocenters. The number of benzene rings is 1. The van der Waals surface area contributed by atoms with Gasteiger partial charge in [0.05, 0.1) is 12.7 Å². The Hall–Kier alpha value is -1.77. The maximum atomic E-state index is 10.7. The molecule has 0 aliphatic carbocycles. The van der Waals surface area contributed by atoms with Gasteiger partial charge < -0.3 is 9.15 Å². The Morgan fingerprint density at radius 2 is 2.21 bits per heavy atom. The van der Waals surface area contributed by atoms with Crippen molar-refractivity contribution < 1.29 is 13.9 Å². The summed E-state index contributed by atoms with van der Waals surface area (Å²) in [5, 5.41) is 0.803. The van der Waals surface area contributed by atoms with Gasteiger partial charge in [0.1, 0.15) is 6.26 Å². The van der Waals surface area contributed by atoms with E-state index in [0.29, 0.717) is 16.9 Å². The summed E-state index contributed by atoms with van der Waals surface area (Å²) in [4.78, 5) is 10.7. The first kappa shape index (κ1) is 8.81. The molecule has 0 saturated heterocycles. The summed E-state index contributed by atoms with van der Waals surface area (Å²) < 4.78 is 10.4. The second-order valence-electron chi connectivity index (χ2n) is 3.15. The molecule has 72 valence electrons. The van der Waals surface area contributed by atoms with E-state index < -0.39 is 0 Å². The van der Waals surface area contributed by atoms with Crippen molar-refractivity contribution in [2.45, 2.75) is 6.92 Å². The fourth-order valence-electron chi connectivity index (χ4n) is 1.50. The Morgan fingerprint density at radius 1 is 1.43 bits per heavy atom. The van der Waals surface area contributed by atoms with Crippen molar-refractivity contribution in [2.75, 3.05) is 7.11 Å². The highest BCUT2D eigenvalue weighted by atomic mass is 16.5. The Morgan fingerprint density at radius 3 is 2.86 bits per heavy atom. The van der Waals surface area contributed by atoms with Gasteiger partial charge in [-0.2, -0.15) is 0 Å². The van der Waals surface area contributed by atoms with E-state index in [2.05, 4.69) is 0 Å². The summed E-state index contributed by atoms with van der Waals surface area (Å²) in [6.45, 7) is 1.95. The van der Waals surface area contributed by atoms with Gasteiger partial charge in [0.15, 0.2) is 17.6 Å². The lowest BCUT2D eigenvalue weighted by Gasteiger charge is -2.01. The van der Waals surface area contributed by atoms with E-state index in [9.17, 15) is 4.79 Å². The average Bonchev–Trinajstić information content (AvgIpc) is 2.59. The Kier molecular flexibility index (Phi) is 2.00. The fraction of sp³-hybridized carbons (Fsp3) is 0.182. The highest BCUT2D eigenvalue weighted by Gasteiger charge is 2.10. The van der Waals surface area contributed by atoms with Crippen molar-refractivity contribution in [3.63, 3.8) is 0 Å². The number of methoxy groups -OCH3 is 1. The lowest BCUT2D eigenvalue weighted by molar-refractivity contribution is 0.112. The number of aldehydes is 1. The van der Waals surface area contributed by atoms with E-state index in [1.54, 1.807) is 7.11 Å². The molecule has 0 radical (unpaired) electrons. The normalized spacial score (nSPS) is 10.4. The second kappa shape index (κ2) is 3.18. The van der Waals surface area contributed by atoms with Gasteiger partial charge in [0, 0.05) is 5.39 Å². The third kappa shape index (κ3) is 1.18. The van der Waals surface area contributed by atoms with Crippen LogP contribution in [0.25, 0.3) is 11.0 Å². The van der Waals surface area contributed by atoms with Crippen LogP contribution in [0.15, 0.2) is 22.8 Å². The minimum Gasteiger partial charge on any atom is -0.493 e. The molecule has 0 amide bonds. The zero-order chi connectivity index (χ0) is 10.1. The van der Waals surface area contributed by atoms with Gasteiger partial charge in [-0.25, -0.2) is 0 Å². The minimum absolute atomic E-state index is 0.557. The molecule has 1 aromatic carbocycles. The number of carbonyl (C=O) groups excluding carboxylic acids is 1. The van der Waals surface area contributed by atoms with E-state index in [1.807, 2.05) is 19.1 Å². The van der Waals surface area contributed by atoms with Crippen molar-refractivity contribution in [2.24, 2.45) is 0 Å². The molecule has 0 aliphatic heterocycles. The zero-order valence-electron chi connectivity index (χ0n) is 8.03. The molecule has 1 heterocycles. The molecule has 1 aromatic heterocycles. The molecule has 0 bridgehead atoms. The third-order valence-electron chi connectivity index (χ3n) is 2.16. The molecule has 3 nitrogen and oxygen atoms in total. The van der Waals surface area contributed by atoms with E-state index >= 15 is 0 Å². The lowest BCUT2D eigenvalue weighted by Crippen LogP contribution is -1.85. The monoisotopic (exact) mass is 190 g/mol. The van der Waals surface area contributed by atoms with Gasteiger partial charge in [-0.1, -0.05) is 0 Å². The number of furan rings is 1. The molecule has 2 aromatic rings. The standard InChI is InChI=1S/C11H10O3/c1-7-3-9-8(5-12)6-14-11(9)10(4-7)13-2/h3-6H,1-2H3. The molecular weight excluding hydrogens is 180 g/mol. The summed E-state index contributed by atoms with van der Waals surface area (Å²) in [6, 6.07) is 3.78.